The molecule has 2 aromatic rings. The number of rotatable bonds is 4. The number of hydrogen-bond donors (Lipinski definition) is 1. The van der Waals surface area contributed by atoms with E-state index in [2.05, 4.69) is 5.32 Å². The number of ether oxygens (including phenoxy) is 1. The molecule has 2 aromatic carbocycles. The summed E-state index contributed by atoms with van der Waals surface area (Å²) >= 11 is 1.57. The minimum absolute atomic E-state index is 0.122. The quantitative estimate of drug-likeness (QED) is 0.776. The van der Waals surface area contributed by atoms with Crippen molar-refractivity contribution in [3.63, 3.8) is 0 Å². The van der Waals surface area contributed by atoms with Crippen molar-refractivity contribution >= 4 is 47.0 Å². The van der Waals surface area contributed by atoms with E-state index in [0.717, 1.165) is 21.2 Å². The van der Waals surface area contributed by atoms with E-state index in [1.807, 2.05) is 48.5 Å². The summed E-state index contributed by atoms with van der Waals surface area (Å²) in [5, 5.41) is 2.14. The molecule has 2 aliphatic heterocycles. The standard InChI is InChI=1S/C20H17N3O5S/c24-17-9-10-22(20(27)21-17)11-19(26)28-12-18(25)23-13-5-1-3-7-15(13)29-16-8-4-2-6-14(16)23/h1-8H,9-12H2,(H,21,24,27). The number of anilines is 2. The fourth-order valence-corrected chi connectivity index (χ4v) is 4.19. The lowest BCUT2D eigenvalue weighted by Crippen LogP contribution is -2.51. The summed E-state index contributed by atoms with van der Waals surface area (Å²) in [7, 11) is 0. The van der Waals surface area contributed by atoms with Gasteiger partial charge in [0.05, 0.1) is 11.4 Å². The van der Waals surface area contributed by atoms with Crippen molar-refractivity contribution in [2.24, 2.45) is 0 Å². The predicted octanol–water partition coefficient (Wildman–Crippen LogP) is 2.30. The Balaban J connectivity index is 1.44. The van der Waals surface area contributed by atoms with E-state index in [1.165, 1.54) is 4.90 Å². The van der Waals surface area contributed by atoms with Gasteiger partial charge in [0, 0.05) is 22.8 Å². The highest BCUT2D eigenvalue weighted by atomic mass is 32.2. The van der Waals surface area contributed by atoms with Gasteiger partial charge in [-0.15, -0.1) is 0 Å². The van der Waals surface area contributed by atoms with E-state index in [-0.39, 0.29) is 25.4 Å². The minimum atomic E-state index is -0.712. The molecular formula is C20H17N3O5S. The number of esters is 1. The largest absolute Gasteiger partial charge is 0.454 e. The average Bonchev–Trinajstić information content (AvgIpc) is 2.72. The number of carbonyl (C=O) groups excluding carboxylic acids is 4. The number of para-hydroxylation sites is 2. The molecule has 1 fully saturated rings. The van der Waals surface area contributed by atoms with Crippen LogP contribution in [0.25, 0.3) is 0 Å². The van der Waals surface area contributed by atoms with Crippen LogP contribution in [0.3, 0.4) is 0 Å². The molecule has 0 spiro atoms. The van der Waals surface area contributed by atoms with Crippen LogP contribution in [-0.4, -0.2) is 48.4 Å². The molecule has 0 radical (unpaired) electrons. The second-order valence-corrected chi connectivity index (χ2v) is 7.54. The average molecular weight is 411 g/mol. The van der Waals surface area contributed by atoms with Gasteiger partial charge >= 0.3 is 12.0 Å². The molecule has 0 aromatic heterocycles. The van der Waals surface area contributed by atoms with Gasteiger partial charge in [-0.25, -0.2) is 4.79 Å². The summed E-state index contributed by atoms with van der Waals surface area (Å²) in [5.74, 6) is -1.48. The first-order chi connectivity index (χ1) is 14.0. The number of benzene rings is 2. The topological polar surface area (TPSA) is 96.0 Å². The van der Waals surface area contributed by atoms with Crippen molar-refractivity contribution in [2.45, 2.75) is 16.2 Å². The molecule has 9 heteroatoms. The van der Waals surface area contributed by atoms with E-state index >= 15 is 0 Å². The van der Waals surface area contributed by atoms with Crippen molar-refractivity contribution < 1.29 is 23.9 Å². The molecule has 1 saturated heterocycles. The van der Waals surface area contributed by atoms with Crippen LogP contribution >= 0.6 is 11.8 Å². The molecule has 0 bridgehead atoms. The van der Waals surface area contributed by atoms with Gasteiger partial charge in [-0.3, -0.25) is 24.6 Å². The number of fused-ring (bicyclic) bond motifs is 2. The predicted molar refractivity (Wildman–Crippen MR) is 105 cm³/mol. The Hall–Kier alpha value is -3.33. The normalized spacial score (nSPS) is 15.3. The zero-order valence-corrected chi connectivity index (χ0v) is 16.1. The van der Waals surface area contributed by atoms with Crippen molar-refractivity contribution in [2.75, 3.05) is 24.6 Å². The number of carbonyl (C=O) groups is 4. The number of nitrogens with one attached hydrogen (secondary N) is 1. The van der Waals surface area contributed by atoms with Crippen LogP contribution in [0, 0.1) is 0 Å². The van der Waals surface area contributed by atoms with Crippen molar-refractivity contribution in [3.05, 3.63) is 48.5 Å². The number of imide groups is 1. The molecule has 0 unspecified atom stereocenters. The third-order valence-corrected chi connectivity index (χ3v) is 5.63. The Kier molecular flexibility index (Phi) is 5.22. The fraction of sp³-hybridized carbons (Fsp3) is 0.200. The Morgan fingerprint density at radius 3 is 2.24 bits per heavy atom. The van der Waals surface area contributed by atoms with E-state index in [0.29, 0.717) is 0 Å². The second kappa shape index (κ2) is 7.96. The first kappa shape index (κ1) is 19.0. The molecule has 1 N–H and O–H groups in total. The molecule has 0 atom stereocenters. The highest BCUT2D eigenvalue weighted by Gasteiger charge is 2.29. The molecule has 2 heterocycles. The van der Waals surface area contributed by atoms with Gasteiger partial charge in [0.2, 0.25) is 5.91 Å². The summed E-state index contributed by atoms with van der Waals surface area (Å²) in [6, 6.07) is 14.4. The monoisotopic (exact) mass is 411 g/mol. The van der Waals surface area contributed by atoms with E-state index in [9.17, 15) is 19.2 Å². The summed E-state index contributed by atoms with van der Waals surface area (Å²) < 4.78 is 5.12. The molecule has 0 aliphatic carbocycles. The zero-order valence-electron chi connectivity index (χ0n) is 15.3. The molecule has 2 aliphatic rings. The summed E-state index contributed by atoms with van der Waals surface area (Å²) in [6.45, 7) is -0.645. The van der Waals surface area contributed by atoms with Gasteiger partial charge in [-0.1, -0.05) is 36.0 Å². The highest BCUT2D eigenvalue weighted by Crippen LogP contribution is 2.47. The maximum Gasteiger partial charge on any atom is 0.326 e. The summed E-state index contributed by atoms with van der Waals surface area (Å²) in [6.07, 6.45) is 0.122. The second-order valence-electron chi connectivity index (χ2n) is 6.45. The smallest absolute Gasteiger partial charge is 0.326 e. The Morgan fingerprint density at radius 2 is 1.62 bits per heavy atom. The van der Waals surface area contributed by atoms with Crippen LogP contribution in [0.2, 0.25) is 0 Å². The van der Waals surface area contributed by atoms with Crippen LogP contribution in [0.5, 0.6) is 0 Å². The van der Waals surface area contributed by atoms with E-state index < -0.39 is 24.5 Å². The first-order valence-electron chi connectivity index (χ1n) is 8.96. The maximum absolute atomic E-state index is 12.9. The molecule has 29 heavy (non-hydrogen) atoms. The lowest BCUT2D eigenvalue weighted by molar-refractivity contribution is -0.148. The van der Waals surface area contributed by atoms with Gasteiger partial charge in [-0.2, -0.15) is 0 Å². The number of nitrogens with zero attached hydrogens (tertiary/aromatic N) is 2. The van der Waals surface area contributed by atoms with Crippen LogP contribution in [-0.2, 0) is 19.1 Å². The third kappa shape index (κ3) is 3.95. The Bertz CT molecular complexity index is 964. The number of urea groups is 1. The van der Waals surface area contributed by atoms with Crippen LogP contribution in [0.1, 0.15) is 6.42 Å². The van der Waals surface area contributed by atoms with Crippen molar-refractivity contribution in [1.82, 2.24) is 10.2 Å². The fourth-order valence-electron chi connectivity index (χ4n) is 3.13. The maximum atomic E-state index is 12.9. The van der Waals surface area contributed by atoms with Gasteiger partial charge in [0.25, 0.3) is 5.91 Å². The van der Waals surface area contributed by atoms with E-state index in [4.69, 9.17) is 4.74 Å². The van der Waals surface area contributed by atoms with Crippen LogP contribution < -0.4 is 10.2 Å². The molecule has 0 saturated carbocycles. The minimum Gasteiger partial charge on any atom is -0.454 e. The van der Waals surface area contributed by atoms with Gasteiger partial charge in [-0.05, 0) is 24.3 Å². The number of amides is 4. The lowest BCUT2D eigenvalue weighted by atomic mass is 10.2. The number of hydrogen-bond acceptors (Lipinski definition) is 6. The Morgan fingerprint density at radius 1 is 1.00 bits per heavy atom. The molecule has 148 valence electrons. The third-order valence-electron chi connectivity index (χ3n) is 4.50. The highest BCUT2D eigenvalue weighted by molar-refractivity contribution is 7.99. The van der Waals surface area contributed by atoms with Crippen molar-refractivity contribution in [3.8, 4) is 0 Å². The molecule has 4 amide bonds. The lowest BCUT2D eigenvalue weighted by Gasteiger charge is -2.31. The summed E-state index contributed by atoms with van der Waals surface area (Å²) in [4.78, 5) is 52.5. The van der Waals surface area contributed by atoms with Crippen LogP contribution in [0.15, 0.2) is 58.3 Å². The van der Waals surface area contributed by atoms with E-state index in [1.54, 1.807) is 16.7 Å². The van der Waals surface area contributed by atoms with Gasteiger partial charge in [0.1, 0.15) is 6.54 Å². The first-order valence-corrected chi connectivity index (χ1v) is 9.78. The van der Waals surface area contributed by atoms with Crippen molar-refractivity contribution in [1.29, 1.82) is 0 Å². The molecule has 4 rings (SSSR count). The molecular weight excluding hydrogens is 394 g/mol. The summed E-state index contributed by atoms with van der Waals surface area (Å²) in [5.41, 5.74) is 1.46. The Labute approximate surface area is 170 Å². The molecule has 8 nitrogen and oxygen atoms in total. The van der Waals surface area contributed by atoms with Gasteiger partial charge < -0.3 is 9.64 Å². The zero-order chi connectivity index (χ0) is 20.4. The van der Waals surface area contributed by atoms with Crippen LogP contribution in [0.4, 0.5) is 16.2 Å². The van der Waals surface area contributed by atoms with Gasteiger partial charge in [0.15, 0.2) is 6.61 Å². The SMILES string of the molecule is O=C1CCN(CC(=O)OCC(=O)N2c3ccccc3Sc3ccccc32)C(=O)N1.